The van der Waals surface area contributed by atoms with Gasteiger partial charge in [0.15, 0.2) is 5.72 Å². The SMILES string of the molecule is [2H]CC1=C(N)C(=O)C2=C(C1=O)N1C[C@@H]3N[C@@H]3[C@]1(OC)[C@@H]2COC(N)=O. The van der Waals surface area contributed by atoms with Crippen LogP contribution in [0.25, 0.3) is 0 Å². The van der Waals surface area contributed by atoms with Crippen LogP contribution < -0.4 is 16.8 Å². The van der Waals surface area contributed by atoms with Crippen molar-refractivity contribution in [2.75, 3.05) is 20.3 Å². The Bertz CT molecular complexity index is 778. The molecular weight excluding hydrogens is 316 g/mol. The summed E-state index contributed by atoms with van der Waals surface area (Å²) in [6.07, 6.45) is -0.977. The van der Waals surface area contributed by atoms with E-state index < -0.39 is 29.3 Å². The van der Waals surface area contributed by atoms with E-state index >= 15 is 0 Å². The minimum Gasteiger partial charge on any atom is -0.449 e. The van der Waals surface area contributed by atoms with Gasteiger partial charge in [0.2, 0.25) is 11.6 Å². The average molecular weight is 335 g/mol. The number of hydrogen-bond donors (Lipinski definition) is 3. The van der Waals surface area contributed by atoms with Crippen LogP contribution in [0.4, 0.5) is 4.79 Å². The number of nitrogens with two attached hydrogens (primary N) is 2. The lowest BCUT2D eigenvalue weighted by Crippen LogP contribution is -2.55. The Morgan fingerprint density at radius 3 is 2.88 bits per heavy atom. The van der Waals surface area contributed by atoms with Gasteiger partial charge in [-0.15, -0.1) is 0 Å². The van der Waals surface area contributed by atoms with Crippen LogP contribution in [-0.2, 0) is 19.1 Å². The maximum absolute atomic E-state index is 12.9. The van der Waals surface area contributed by atoms with E-state index in [4.69, 9.17) is 22.3 Å². The van der Waals surface area contributed by atoms with E-state index in [9.17, 15) is 14.4 Å². The predicted molar refractivity (Wildman–Crippen MR) is 80.1 cm³/mol. The highest BCUT2D eigenvalue weighted by Gasteiger charge is 2.72. The minimum atomic E-state index is -1.02. The number of primary amides is 1. The fourth-order valence-corrected chi connectivity index (χ4v) is 4.24. The number of nitrogens with zero attached hydrogens (tertiary/aromatic N) is 1. The second-order valence-corrected chi connectivity index (χ2v) is 6.31. The minimum absolute atomic E-state index is 0.0150. The lowest BCUT2D eigenvalue weighted by Gasteiger charge is -2.39. The van der Waals surface area contributed by atoms with Crippen molar-refractivity contribution in [1.29, 1.82) is 0 Å². The summed E-state index contributed by atoms with van der Waals surface area (Å²) in [5.74, 6) is -1.66. The van der Waals surface area contributed by atoms with Crippen molar-refractivity contribution in [3.8, 4) is 0 Å². The van der Waals surface area contributed by atoms with Crippen LogP contribution in [0.1, 0.15) is 8.27 Å². The number of carbonyl (C=O) groups excluding carboxylic acids is 3. The molecule has 2 fully saturated rings. The van der Waals surface area contributed by atoms with Crippen molar-refractivity contribution >= 4 is 17.7 Å². The van der Waals surface area contributed by atoms with Crippen LogP contribution in [0, 0.1) is 5.92 Å². The van der Waals surface area contributed by atoms with Crippen LogP contribution in [-0.4, -0.2) is 60.6 Å². The summed E-state index contributed by atoms with van der Waals surface area (Å²) in [7, 11) is 1.49. The van der Waals surface area contributed by atoms with Gasteiger partial charge in [-0.1, -0.05) is 0 Å². The Labute approximate surface area is 139 Å². The van der Waals surface area contributed by atoms with Gasteiger partial charge in [0, 0.05) is 32.2 Å². The van der Waals surface area contributed by atoms with E-state index in [1.165, 1.54) is 7.11 Å². The summed E-state index contributed by atoms with van der Waals surface area (Å²) < 4.78 is 18.3. The van der Waals surface area contributed by atoms with Crippen LogP contribution >= 0.6 is 0 Å². The molecule has 9 heteroatoms. The van der Waals surface area contributed by atoms with E-state index in [0.29, 0.717) is 6.54 Å². The van der Waals surface area contributed by atoms with E-state index in [1.54, 1.807) is 4.90 Å². The summed E-state index contributed by atoms with van der Waals surface area (Å²) in [6, 6.07) is 0.0153. The molecule has 0 aromatic heterocycles. The Morgan fingerprint density at radius 1 is 1.50 bits per heavy atom. The van der Waals surface area contributed by atoms with E-state index in [1.807, 2.05) is 0 Å². The van der Waals surface area contributed by atoms with Crippen molar-refractivity contribution in [1.82, 2.24) is 10.2 Å². The molecule has 9 nitrogen and oxygen atoms in total. The second-order valence-electron chi connectivity index (χ2n) is 6.31. The fraction of sp³-hybridized carbons (Fsp3) is 0.533. The van der Waals surface area contributed by atoms with Gasteiger partial charge in [0.05, 0.1) is 23.4 Å². The Kier molecular flexibility index (Phi) is 2.67. The first-order valence-corrected chi connectivity index (χ1v) is 7.51. The molecule has 3 aliphatic heterocycles. The molecule has 0 unspecified atom stereocenters. The zero-order chi connectivity index (χ0) is 18.1. The first-order chi connectivity index (χ1) is 11.9. The molecule has 1 amide bonds. The number of hydrogen-bond acceptors (Lipinski definition) is 8. The highest BCUT2D eigenvalue weighted by Crippen LogP contribution is 2.55. The molecule has 0 radical (unpaired) electrons. The normalized spacial score (nSPS) is 37.3. The number of carbonyl (C=O) groups is 3. The first kappa shape index (κ1) is 14.0. The molecule has 4 rings (SSSR count). The molecule has 1 aliphatic carbocycles. The van der Waals surface area contributed by atoms with Crippen molar-refractivity contribution < 1.29 is 25.2 Å². The number of piperazine rings is 1. The topological polar surface area (TPSA) is 147 Å². The largest absolute Gasteiger partial charge is 0.449 e. The van der Waals surface area contributed by atoms with E-state index in [2.05, 4.69) is 5.32 Å². The van der Waals surface area contributed by atoms with Gasteiger partial charge >= 0.3 is 6.09 Å². The van der Waals surface area contributed by atoms with Crippen molar-refractivity contribution in [2.45, 2.75) is 24.7 Å². The number of fused-ring (bicyclic) bond motifs is 4. The van der Waals surface area contributed by atoms with Crippen molar-refractivity contribution in [3.63, 3.8) is 0 Å². The molecule has 2 saturated heterocycles. The van der Waals surface area contributed by atoms with Crippen LogP contribution in [0.5, 0.6) is 0 Å². The molecule has 128 valence electrons. The molecule has 0 saturated carbocycles. The van der Waals surface area contributed by atoms with Gasteiger partial charge in [-0.05, 0) is 6.90 Å². The standard InChI is InChI=1S/C15H18N4O5/c1-5-9(16)12(21)8-6(4-24-14(17)22)15(23-2)13-7(18-13)3-19(15)10(8)11(5)20/h6-7,13,18H,3-4,16H2,1-2H3,(H2,17,22)/t6-,7+,13+,15-/m1/s1/i1D. The smallest absolute Gasteiger partial charge is 0.404 e. The summed E-state index contributed by atoms with van der Waals surface area (Å²) in [5, 5.41) is 3.26. The molecule has 3 heterocycles. The third kappa shape index (κ3) is 1.58. The number of amides is 1. The number of ketones is 2. The third-order valence-corrected chi connectivity index (χ3v) is 5.33. The lowest BCUT2D eigenvalue weighted by molar-refractivity contribution is -0.137. The quantitative estimate of drug-likeness (QED) is 0.410. The number of rotatable bonds is 3. The molecule has 0 spiro atoms. The molecule has 0 aromatic rings. The Balaban J connectivity index is 1.84. The van der Waals surface area contributed by atoms with E-state index in [-0.39, 0.29) is 48.1 Å². The molecule has 0 aromatic carbocycles. The zero-order valence-corrected chi connectivity index (χ0v) is 13.0. The summed E-state index contributed by atoms with van der Waals surface area (Å²) in [5.41, 5.74) is 10.0. The highest BCUT2D eigenvalue weighted by atomic mass is 16.6. The summed E-state index contributed by atoms with van der Waals surface area (Å²) >= 11 is 0. The molecule has 4 aliphatic rings. The third-order valence-electron chi connectivity index (χ3n) is 5.33. The summed E-state index contributed by atoms with van der Waals surface area (Å²) in [4.78, 5) is 38.6. The summed E-state index contributed by atoms with van der Waals surface area (Å²) in [6.45, 7) is -0.102. The average Bonchev–Trinajstić information content (AvgIpc) is 3.18. The molecule has 0 bridgehead atoms. The predicted octanol–water partition coefficient (Wildman–Crippen LogP) is -1.65. The van der Waals surface area contributed by atoms with Crippen LogP contribution in [0.15, 0.2) is 22.5 Å². The zero-order valence-electron chi connectivity index (χ0n) is 14.0. The second kappa shape index (κ2) is 4.58. The fourth-order valence-electron chi connectivity index (χ4n) is 4.24. The lowest BCUT2D eigenvalue weighted by atomic mass is 9.82. The molecule has 24 heavy (non-hydrogen) atoms. The van der Waals surface area contributed by atoms with Gasteiger partial charge in [-0.2, -0.15) is 0 Å². The van der Waals surface area contributed by atoms with Gasteiger partial charge in [-0.3, -0.25) is 9.59 Å². The number of allylic oxidation sites excluding steroid dienone is 2. The van der Waals surface area contributed by atoms with Crippen molar-refractivity contribution in [2.24, 2.45) is 17.4 Å². The monoisotopic (exact) mass is 335 g/mol. The Morgan fingerprint density at radius 2 is 2.25 bits per heavy atom. The highest BCUT2D eigenvalue weighted by molar-refractivity contribution is 6.25. The number of nitrogens with one attached hydrogen (secondary N) is 1. The maximum Gasteiger partial charge on any atom is 0.404 e. The first-order valence-electron chi connectivity index (χ1n) is 8.21. The Hall–Kier alpha value is -2.39. The van der Waals surface area contributed by atoms with Crippen molar-refractivity contribution in [3.05, 3.63) is 22.5 Å². The number of Topliss-reactive ketones (excluding diaryl/α,β-unsaturated/α-hetero) is 2. The van der Waals surface area contributed by atoms with Crippen LogP contribution in [0.3, 0.4) is 0 Å². The molecule has 4 atom stereocenters. The maximum atomic E-state index is 12.9. The van der Waals surface area contributed by atoms with Gasteiger partial charge in [0.25, 0.3) is 0 Å². The van der Waals surface area contributed by atoms with Gasteiger partial charge < -0.3 is 31.2 Å². The molecular formula is C15H18N4O5. The van der Waals surface area contributed by atoms with Crippen LogP contribution in [0.2, 0.25) is 0 Å². The number of ether oxygens (including phenoxy) is 2. The van der Waals surface area contributed by atoms with E-state index in [0.717, 1.165) is 0 Å². The van der Waals surface area contributed by atoms with Gasteiger partial charge in [-0.25, -0.2) is 4.79 Å². The number of methoxy groups -OCH3 is 1. The molecule has 5 N–H and O–H groups in total. The van der Waals surface area contributed by atoms with Gasteiger partial charge in [0.1, 0.15) is 6.61 Å².